The summed E-state index contributed by atoms with van der Waals surface area (Å²) < 4.78 is 17.7. The highest BCUT2D eigenvalue weighted by molar-refractivity contribution is 6.70. The van der Waals surface area contributed by atoms with Gasteiger partial charge in [-0.05, 0) is 71.4 Å². The molecule has 0 aromatic carbocycles. The van der Waals surface area contributed by atoms with Crippen LogP contribution in [0.5, 0.6) is 0 Å². The zero-order valence-corrected chi connectivity index (χ0v) is 25.2. The number of ether oxygens (including phenoxy) is 1. The Labute approximate surface area is 208 Å². The normalized spacial score (nSPS) is 12.7. The van der Waals surface area contributed by atoms with Gasteiger partial charge in [-0.1, -0.05) is 70.4 Å². The van der Waals surface area contributed by atoms with Crippen LogP contribution >= 0.6 is 0 Å². The number of hydrogen-bond acceptors (Lipinski definition) is 4. The molecule has 0 bridgehead atoms. The van der Waals surface area contributed by atoms with Crippen LogP contribution in [0.2, 0.25) is 39.3 Å². The van der Waals surface area contributed by atoms with Gasteiger partial charge in [0.05, 0.1) is 13.2 Å². The monoisotopic (exact) mass is 500 g/mol. The molecule has 0 saturated heterocycles. The van der Waals surface area contributed by atoms with Crippen molar-refractivity contribution < 1.29 is 18.4 Å². The predicted molar refractivity (Wildman–Crippen MR) is 148 cm³/mol. The van der Waals surface area contributed by atoms with Gasteiger partial charge in [-0.25, -0.2) is 0 Å². The fourth-order valence-corrected chi connectivity index (χ4v) is 4.76. The Morgan fingerprint density at radius 3 is 1.55 bits per heavy atom. The molecule has 0 amide bonds. The van der Waals surface area contributed by atoms with Crippen LogP contribution in [-0.4, -0.2) is 41.9 Å². The van der Waals surface area contributed by atoms with E-state index in [0.29, 0.717) is 19.6 Å². The van der Waals surface area contributed by atoms with Crippen LogP contribution in [0.25, 0.3) is 0 Å². The summed E-state index contributed by atoms with van der Waals surface area (Å²) >= 11 is 0. The zero-order chi connectivity index (χ0) is 25.0. The van der Waals surface area contributed by atoms with Gasteiger partial charge < -0.3 is 13.6 Å². The lowest BCUT2D eigenvalue weighted by atomic mass is 10.1. The molecule has 196 valence electrons. The van der Waals surface area contributed by atoms with Gasteiger partial charge in [0.15, 0.2) is 16.6 Å². The number of esters is 1. The van der Waals surface area contributed by atoms with E-state index in [1.165, 1.54) is 70.6 Å². The number of allylic oxidation sites excluding steroid dienone is 2. The summed E-state index contributed by atoms with van der Waals surface area (Å²) in [5.74, 6) is -0.115. The topological polar surface area (TPSA) is 44.8 Å². The first kappa shape index (κ1) is 32.6. The van der Waals surface area contributed by atoms with Crippen molar-refractivity contribution >= 4 is 22.6 Å². The lowest BCUT2D eigenvalue weighted by Crippen LogP contribution is -2.38. The third kappa shape index (κ3) is 26.0. The minimum atomic E-state index is -1.65. The van der Waals surface area contributed by atoms with Gasteiger partial charge >= 0.3 is 5.97 Å². The van der Waals surface area contributed by atoms with Crippen molar-refractivity contribution in [2.75, 3.05) is 13.2 Å². The zero-order valence-electron chi connectivity index (χ0n) is 23.2. The van der Waals surface area contributed by atoms with E-state index < -0.39 is 16.6 Å². The average Bonchev–Trinajstić information content (AvgIpc) is 2.71. The molecular weight excluding hydrogens is 444 g/mol. The highest BCUT2D eigenvalue weighted by Gasteiger charge is 2.23. The molecule has 0 aliphatic carbocycles. The predicted octanol–water partition coefficient (Wildman–Crippen LogP) is 8.64. The van der Waals surface area contributed by atoms with Crippen molar-refractivity contribution in [2.24, 2.45) is 0 Å². The average molecular weight is 501 g/mol. The van der Waals surface area contributed by atoms with Gasteiger partial charge in [0.1, 0.15) is 6.10 Å². The van der Waals surface area contributed by atoms with Gasteiger partial charge in [-0.15, -0.1) is 0 Å². The Morgan fingerprint density at radius 1 is 0.667 bits per heavy atom. The van der Waals surface area contributed by atoms with Crippen LogP contribution < -0.4 is 0 Å². The number of carbonyl (C=O) groups is 1. The molecule has 0 heterocycles. The molecule has 33 heavy (non-hydrogen) atoms. The molecule has 0 spiro atoms. The van der Waals surface area contributed by atoms with Crippen molar-refractivity contribution in [2.45, 2.75) is 142 Å². The van der Waals surface area contributed by atoms with E-state index in [2.05, 4.69) is 58.4 Å². The maximum Gasteiger partial charge on any atom is 0.306 e. The largest absolute Gasteiger partial charge is 0.458 e. The molecule has 0 aliphatic rings. The van der Waals surface area contributed by atoms with E-state index in [0.717, 1.165) is 12.8 Å². The Balaban J connectivity index is 3.82. The smallest absolute Gasteiger partial charge is 0.306 e. The van der Waals surface area contributed by atoms with Gasteiger partial charge in [0.25, 0.3) is 0 Å². The fourth-order valence-electron chi connectivity index (χ4n) is 3.39. The fraction of sp³-hybridized carbons (Fsp3) is 0.889. The molecule has 6 heteroatoms. The van der Waals surface area contributed by atoms with E-state index >= 15 is 0 Å². The Bertz CT molecular complexity index is 477. The molecule has 4 nitrogen and oxygen atoms in total. The van der Waals surface area contributed by atoms with Crippen molar-refractivity contribution in [3.05, 3.63) is 12.2 Å². The summed E-state index contributed by atoms with van der Waals surface area (Å²) in [6.45, 7) is 16.1. The van der Waals surface area contributed by atoms with Gasteiger partial charge in [-0.2, -0.15) is 0 Å². The van der Waals surface area contributed by atoms with Crippen LogP contribution in [0.15, 0.2) is 12.2 Å². The van der Waals surface area contributed by atoms with Gasteiger partial charge in [0.2, 0.25) is 0 Å². The summed E-state index contributed by atoms with van der Waals surface area (Å²) in [5, 5.41) is 0. The molecule has 0 aromatic heterocycles. The second kappa shape index (κ2) is 19.8. The second-order valence-corrected chi connectivity index (χ2v) is 20.3. The number of unbranched alkanes of at least 4 members (excludes halogenated alkanes) is 11. The maximum absolute atomic E-state index is 12.3. The van der Waals surface area contributed by atoms with Crippen molar-refractivity contribution in [1.82, 2.24) is 0 Å². The second-order valence-electron chi connectivity index (χ2n) is 11.3. The summed E-state index contributed by atoms with van der Waals surface area (Å²) in [7, 11) is -3.30. The third-order valence-corrected chi connectivity index (χ3v) is 7.41. The standard InChI is InChI=1S/C27H56O4Si2/c1-8-9-10-11-12-13-14-15-16-17-18-19-20-21-22-23-27(28)31-26(24-29-32(2,3)4)25-30-33(5,6)7/h15-16,26H,8-14,17-25H2,1-7H3/b16-15-. The van der Waals surface area contributed by atoms with Crippen molar-refractivity contribution in [1.29, 1.82) is 0 Å². The number of hydrogen-bond donors (Lipinski definition) is 0. The van der Waals surface area contributed by atoms with Crippen molar-refractivity contribution in [3.63, 3.8) is 0 Å². The van der Waals surface area contributed by atoms with Crippen molar-refractivity contribution in [3.8, 4) is 0 Å². The molecule has 0 atom stereocenters. The van der Waals surface area contributed by atoms with Crippen LogP contribution in [-0.2, 0) is 18.4 Å². The first-order chi connectivity index (χ1) is 15.5. The van der Waals surface area contributed by atoms with E-state index in [9.17, 15) is 4.79 Å². The first-order valence-corrected chi connectivity index (χ1v) is 20.5. The highest BCUT2D eigenvalue weighted by atomic mass is 28.4. The quantitative estimate of drug-likeness (QED) is 0.0645. The van der Waals surface area contributed by atoms with Gasteiger partial charge in [-0.3, -0.25) is 4.79 Å². The molecule has 0 fully saturated rings. The maximum atomic E-state index is 12.3. The molecule has 0 aromatic rings. The lowest BCUT2D eigenvalue weighted by molar-refractivity contribution is -0.152. The molecule has 0 radical (unpaired) electrons. The lowest BCUT2D eigenvalue weighted by Gasteiger charge is -2.26. The van der Waals surface area contributed by atoms with Crippen LogP contribution in [0, 0.1) is 0 Å². The number of carbonyl (C=O) groups excluding carboxylic acids is 1. The van der Waals surface area contributed by atoms with Crippen LogP contribution in [0.1, 0.15) is 96.8 Å². The minimum Gasteiger partial charge on any atom is -0.458 e. The Kier molecular flexibility index (Phi) is 19.6. The Morgan fingerprint density at radius 2 is 1.09 bits per heavy atom. The number of rotatable bonds is 22. The van der Waals surface area contributed by atoms with E-state index in [4.69, 9.17) is 13.6 Å². The Hall–Kier alpha value is -0.436. The molecule has 0 rings (SSSR count). The van der Waals surface area contributed by atoms with Crippen LogP contribution in [0.3, 0.4) is 0 Å². The SMILES string of the molecule is CCCCCCCC/C=C\CCCCCCCC(=O)OC(CO[Si](C)(C)C)CO[Si](C)(C)C. The van der Waals surface area contributed by atoms with E-state index in [-0.39, 0.29) is 12.1 Å². The molecule has 0 aliphatic heterocycles. The first-order valence-electron chi connectivity index (χ1n) is 13.7. The van der Waals surface area contributed by atoms with Gasteiger partial charge in [0, 0.05) is 6.42 Å². The molecule has 0 saturated carbocycles. The minimum absolute atomic E-state index is 0.115. The summed E-state index contributed by atoms with van der Waals surface area (Å²) in [6, 6.07) is 0. The summed E-state index contributed by atoms with van der Waals surface area (Å²) in [5.41, 5.74) is 0. The van der Waals surface area contributed by atoms with E-state index in [1.54, 1.807) is 0 Å². The summed E-state index contributed by atoms with van der Waals surface area (Å²) in [4.78, 5) is 12.3. The third-order valence-electron chi connectivity index (χ3n) is 5.35. The molecular formula is C27H56O4Si2. The van der Waals surface area contributed by atoms with Crippen LogP contribution in [0.4, 0.5) is 0 Å². The summed E-state index contributed by atoms with van der Waals surface area (Å²) in [6.07, 6.45) is 21.3. The van der Waals surface area contributed by atoms with E-state index in [1.807, 2.05) is 0 Å². The molecule has 0 N–H and O–H groups in total. The highest BCUT2D eigenvalue weighted by Crippen LogP contribution is 2.13. The molecule has 0 unspecified atom stereocenters.